The van der Waals surface area contributed by atoms with Gasteiger partial charge in [0.05, 0.1) is 67.2 Å². The number of aromatic nitrogens is 1. The van der Waals surface area contributed by atoms with Crippen LogP contribution >= 0.6 is 34.7 Å². The summed E-state index contributed by atoms with van der Waals surface area (Å²) in [5, 5.41) is 47.6. The van der Waals surface area contributed by atoms with Crippen molar-refractivity contribution < 1.29 is 63.3 Å². The number of nitrogens with zero attached hydrogens (tertiary/aromatic N) is 6. The number of aliphatic carboxylic acids is 2. The number of nitrogens with two attached hydrogens (primary N) is 1. The Morgan fingerprint density at radius 2 is 1.85 bits per heavy atom. The lowest BCUT2D eigenvalue weighted by Crippen LogP contribution is -2.61. The lowest BCUT2D eigenvalue weighted by atomic mass is 9.90. The number of rotatable bonds is 16. The smallest absolute Gasteiger partial charge is 0.350 e. The number of fused-ring (bicyclic) bond motifs is 1. The molecular weight excluding hydrogens is 838 g/mol. The number of β-lactam (4-membered cyclic amide) rings is 1. The minimum Gasteiger partial charge on any atom is -0.504 e. The molecule has 5 heterocycles. The summed E-state index contributed by atoms with van der Waals surface area (Å²) in [4.78, 5) is 102. The number of urea groups is 1. The van der Waals surface area contributed by atoms with E-state index in [1.165, 1.54) is 30.2 Å². The van der Waals surface area contributed by atoms with Crippen molar-refractivity contribution >= 4 is 87.0 Å². The molecule has 0 aliphatic carbocycles. The van der Waals surface area contributed by atoms with E-state index in [-0.39, 0.29) is 53.3 Å². The first-order valence-corrected chi connectivity index (χ1v) is 20.5. The molecule has 21 nitrogen and oxygen atoms in total. The van der Waals surface area contributed by atoms with Gasteiger partial charge in [0.25, 0.3) is 11.8 Å². The van der Waals surface area contributed by atoms with Crippen LogP contribution in [0.1, 0.15) is 56.1 Å². The van der Waals surface area contributed by atoms with Crippen LogP contribution in [0.25, 0.3) is 0 Å². The minimum absolute atomic E-state index is 0.00203. The first kappa shape index (κ1) is 43.2. The molecule has 4 saturated heterocycles. The Kier molecular flexibility index (Phi) is 12.0. The number of hydrogen-bond donors (Lipinski definition) is 7. The number of likely N-dealkylation sites (tertiary alicyclic amines) is 1. The van der Waals surface area contributed by atoms with Gasteiger partial charge in [0.2, 0.25) is 16.4 Å². The topological polar surface area (TPSA) is 295 Å². The summed E-state index contributed by atoms with van der Waals surface area (Å²) < 4.78 is 0.293. The summed E-state index contributed by atoms with van der Waals surface area (Å²) >= 11 is 7.86. The second-order valence-electron chi connectivity index (χ2n) is 15.3. The SMILES string of the molecule is C[C@H]1CN(NC(=O)C[N+]2(CCNC(=O)c3ccc(O)c(O)c3Cl)CCCC2)C(=O)N1[C@]1(C(=O)O)CN2C(=O)C(CC(=O)/C(=N\OC(C)(C)C(=O)O)c3csc(N)n3)[C@H]2S1. The lowest BCUT2D eigenvalue weighted by molar-refractivity contribution is -0.908. The Morgan fingerprint density at radius 3 is 2.47 bits per heavy atom. The average Bonchev–Trinajstić information content (AvgIpc) is 3.95. The molecule has 318 valence electrons. The first-order valence-electron chi connectivity index (χ1n) is 18.4. The van der Waals surface area contributed by atoms with E-state index in [4.69, 9.17) is 22.2 Å². The number of Topliss-reactive ketones (excluding diaryl/α,β-unsaturated/α-hetero) is 1. The number of amides is 5. The Bertz CT molecular complexity index is 2130. The maximum absolute atomic E-state index is 14.0. The van der Waals surface area contributed by atoms with Crippen LogP contribution in [0.2, 0.25) is 5.02 Å². The summed E-state index contributed by atoms with van der Waals surface area (Å²) in [5.74, 6) is -7.24. The fraction of sp³-hybridized carbons (Fsp3) is 0.514. The largest absolute Gasteiger partial charge is 0.504 e. The highest BCUT2D eigenvalue weighted by Gasteiger charge is 2.67. The van der Waals surface area contributed by atoms with Crippen molar-refractivity contribution in [2.45, 2.75) is 61.9 Å². The molecule has 0 saturated carbocycles. The molecule has 8 N–H and O–H groups in total. The predicted molar refractivity (Wildman–Crippen MR) is 210 cm³/mol. The average molecular weight is 881 g/mol. The number of phenolic OH excluding ortho intramolecular Hbond substituents is 2. The molecule has 59 heavy (non-hydrogen) atoms. The number of thiazole rings is 1. The van der Waals surface area contributed by atoms with Crippen LogP contribution in [0, 0.1) is 5.92 Å². The van der Waals surface area contributed by atoms with Crippen molar-refractivity contribution in [1.29, 1.82) is 0 Å². The van der Waals surface area contributed by atoms with E-state index in [2.05, 4.69) is 20.9 Å². The van der Waals surface area contributed by atoms with E-state index in [1.807, 2.05) is 0 Å². The number of oxime groups is 1. The fourth-order valence-corrected chi connectivity index (χ4v) is 10.1. The highest BCUT2D eigenvalue weighted by atomic mass is 35.5. The molecule has 0 spiro atoms. The van der Waals surface area contributed by atoms with Crippen molar-refractivity contribution in [2.24, 2.45) is 11.1 Å². The molecule has 1 aromatic carbocycles. The number of carbonyl (C=O) groups excluding carboxylic acids is 5. The maximum Gasteiger partial charge on any atom is 0.350 e. The van der Waals surface area contributed by atoms with E-state index in [0.29, 0.717) is 24.1 Å². The molecule has 4 fully saturated rings. The van der Waals surface area contributed by atoms with Crippen molar-refractivity contribution in [2.75, 3.05) is 51.5 Å². The van der Waals surface area contributed by atoms with E-state index in [0.717, 1.165) is 51.9 Å². The molecule has 2 aromatic rings. The molecule has 1 aromatic heterocycles. The highest BCUT2D eigenvalue weighted by molar-refractivity contribution is 8.02. The van der Waals surface area contributed by atoms with Crippen LogP contribution in [-0.2, 0) is 28.8 Å². The molecule has 6 rings (SSSR count). The summed E-state index contributed by atoms with van der Waals surface area (Å²) in [6, 6.07) is 0.877. The lowest BCUT2D eigenvalue weighted by Gasteiger charge is -2.40. The van der Waals surface area contributed by atoms with Crippen molar-refractivity contribution in [3.8, 4) is 11.5 Å². The second-order valence-corrected chi connectivity index (χ2v) is 18.0. The van der Waals surface area contributed by atoms with Crippen molar-refractivity contribution in [3.05, 3.63) is 33.8 Å². The summed E-state index contributed by atoms with van der Waals surface area (Å²) in [5.41, 5.74) is 6.15. The van der Waals surface area contributed by atoms with Gasteiger partial charge in [-0.1, -0.05) is 28.5 Å². The maximum atomic E-state index is 14.0. The summed E-state index contributed by atoms with van der Waals surface area (Å²) in [6.07, 6.45) is 1.18. The van der Waals surface area contributed by atoms with E-state index in [1.54, 1.807) is 6.92 Å². The molecule has 4 aliphatic rings. The molecule has 5 amide bonds. The van der Waals surface area contributed by atoms with Crippen molar-refractivity contribution in [1.82, 2.24) is 30.5 Å². The van der Waals surface area contributed by atoms with E-state index < -0.39 is 87.2 Å². The number of nitrogen functional groups attached to an aromatic ring is 1. The van der Waals surface area contributed by atoms with Gasteiger partial charge in [-0.25, -0.2) is 24.4 Å². The molecule has 4 atom stereocenters. The number of carboxylic acid groups (broad SMARTS) is 2. The van der Waals surface area contributed by atoms with Crippen LogP contribution < -0.4 is 16.5 Å². The van der Waals surface area contributed by atoms with Gasteiger partial charge in [-0.05, 0) is 32.9 Å². The number of phenols is 2. The van der Waals surface area contributed by atoms with Crippen LogP contribution in [-0.4, -0.2) is 160 Å². The number of hydrogen-bond acceptors (Lipinski definition) is 15. The summed E-state index contributed by atoms with van der Waals surface area (Å²) in [7, 11) is 0. The molecule has 1 unspecified atom stereocenters. The number of halogens is 1. The van der Waals surface area contributed by atoms with E-state index >= 15 is 0 Å². The number of aromatic hydroxyl groups is 2. The Balaban J connectivity index is 1.10. The first-order chi connectivity index (χ1) is 27.7. The monoisotopic (exact) mass is 880 g/mol. The quantitative estimate of drug-likeness (QED) is 0.0404. The molecule has 24 heteroatoms. The Labute approximate surface area is 349 Å². The number of hydrazine groups is 1. The fourth-order valence-electron chi connectivity index (χ4n) is 7.59. The second kappa shape index (κ2) is 16.3. The Hall–Kier alpha value is -5.39. The predicted octanol–water partition coefficient (Wildman–Crippen LogP) is 0.843. The number of anilines is 1. The van der Waals surface area contributed by atoms with Crippen LogP contribution in [0.15, 0.2) is 22.7 Å². The van der Waals surface area contributed by atoms with E-state index in [9.17, 15) is 54.0 Å². The van der Waals surface area contributed by atoms with Crippen LogP contribution in [0.3, 0.4) is 0 Å². The molecular formula is C35H43ClN9O12S2+. The van der Waals surface area contributed by atoms with Gasteiger partial charge in [0.1, 0.15) is 5.69 Å². The van der Waals surface area contributed by atoms with Gasteiger partial charge in [0, 0.05) is 24.6 Å². The molecule has 0 bridgehead atoms. The zero-order valence-electron chi connectivity index (χ0n) is 32.0. The van der Waals surface area contributed by atoms with Crippen LogP contribution in [0.4, 0.5) is 9.93 Å². The van der Waals surface area contributed by atoms with Gasteiger partial charge in [-0.3, -0.25) is 29.5 Å². The van der Waals surface area contributed by atoms with Gasteiger partial charge in [-0.15, -0.1) is 11.3 Å². The van der Waals surface area contributed by atoms with Gasteiger partial charge in [-0.2, -0.15) is 0 Å². The number of carboxylic acids is 2. The van der Waals surface area contributed by atoms with Crippen LogP contribution in [0.5, 0.6) is 11.5 Å². The standard InChI is InChI=1S/C35H42ClN9O12S2/c1-17-13-43(40-23(48)14-45(9-4-5-10-45)11-8-38-27(50)18-6-7-21(46)26(49)24(18)36)33(56)44(17)35(31(54)55)16-42-28(51)19(29(42)59-35)12-22(47)25(20-15-58-32(37)39-20)41-57-34(2,3)30(52)53/h6-7,15,17,19,29H,4-5,8-14,16H2,1-3H3,(H7-,37,38,39,40,41,46,47,48,49,50,52,53,54,55)/p+1/t17-,19?,29+,35+/m0/s1. The zero-order chi connectivity index (χ0) is 43.2. The normalized spacial score (nSPS) is 23.8. The number of ketones is 1. The number of quaternary nitrogens is 1. The third-order valence-electron chi connectivity index (χ3n) is 10.8. The third-order valence-corrected chi connectivity index (χ3v) is 13.6. The van der Waals surface area contributed by atoms with Gasteiger partial charge in [0.15, 0.2) is 34.7 Å². The van der Waals surface area contributed by atoms with Gasteiger partial charge >= 0.3 is 18.0 Å². The van der Waals surface area contributed by atoms with Crippen molar-refractivity contribution in [3.63, 3.8) is 0 Å². The number of nitrogens with one attached hydrogen (secondary N) is 2. The molecule has 4 aliphatic heterocycles. The Morgan fingerprint density at radius 1 is 1.15 bits per heavy atom. The third kappa shape index (κ3) is 8.28. The molecule has 0 radical (unpaired) electrons. The number of benzene rings is 1. The zero-order valence-corrected chi connectivity index (χ0v) is 34.4. The minimum atomic E-state index is -1.97. The summed E-state index contributed by atoms with van der Waals surface area (Å²) in [6.45, 7) is 5.28. The number of carbonyl (C=O) groups is 7. The highest BCUT2D eigenvalue weighted by Crippen LogP contribution is 2.53. The van der Waals surface area contributed by atoms with Gasteiger partial charge < -0.3 is 45.7 Å². The number of thioether (sulfide) groups is 1.